The number of halogens is 1. The molecule has 0 unspecified atom stereocenters. The van der Waals surface area contributed by atoms with Crippen LogP contribution in [0.4, 0.5) is 5.69 Å². The van der Waals surface area contributed by atoms with E-state index in [4.69, 9.17) is 0 Å². The molecule has 0 aliphatic rings. The molecule has 4 rings (SSSR count). The van der Waals surface area contributed by atoms with Crippen molar-refractivity contribution in [3.8, 4) is 32.1 Å². The molecule has 4 heteroatoms. The summed E-state index contributed by atoms with van der Waals surface area (Å²) in [7, 11) is 4.13. The molecular weight excluding hydrogens is 384 g/mol. The van der Waals surface area contributed by atoms with Crippen molar-refractivity contribution in [1.82, 2.24) is 4.98 Å². The fourth-order valence-corrected chi connectivity index (χ4v) is 4.18. The van der Waals surface area contributed by atoms with Crippen LogP contribution in [-0.4, -0.2) is 19.1 Å². The second-order valence-corrected chi connectivity index (χ2v) is 7.62. The Labute approximate surface area is 176 Å². The van der Waals surface area contributed by atoms with E-state index in [1.54, 1.807) is 11.3 Å². The van der Waals surface area contributed by atoms with Crippen molar-refractivity contribution < 1.29 is 12.4 Å². The number of nitrogens with zero attached hydrogens (tertiary/aromatic N) is 2. The highest BCUT2D eigenvalue weighted by Crippen LogP contribution is 2.39. The summed E-state index contributed by atoms with van der Waals surface area (Å²) in [6.07, 6.45) is 1.85. The van der Waals surface area contributed by atoms with Gasteiger partial charge in [-0.25, -0.2) is 0 Å². The fourth-order valence-electron chi connectivity index (χ4n) is 3.05. The maximum Gasteiger partial charge on any atom is 0.257 e. The Balaban J connectivity index is 0.00000225. The fraction of sp³-hybridized carbons (Fsp3) is 0.0833. The van der Waals surface area contributed by atoms with Gasteiger partial charge in [0, 0.05) is 43.2 Å². The molecule has 0 spiro atoms. The van der Waals surface area contributed by atoms with Crippen LogP contribution in [0.5, 0.6) is 0 Å². The molecule has 2 nitrogen and oxygen atoms in total. The van der Waals surface area contributed by atoms with Crippen LogP contribution in [0.2, 0.25) is 0 Å². The average Bonchev–Trinajstić information content (AvgIpc) is 2.75. The van der Waals surface area contributed by atoms with Gasteiger partial charge in [-0.05, 0) is 48.0 Å². The summed E-state index contributed by atoms with van der Waals surface area (Å²) in [5, 5.41) is 0. The molecule has 140 valence electrons. The zero-order valence-electron chi connectivity index (χ0n) is 15.8. The van der Waals surface area contributed by atoms with E-state index in [1.807, 2.05) is 18.3 Å². The molecule has 0 bridgehead atoms. The molecular formula is C24H21ClN2S. The molecule has 0 saturated carbocycles. The maximum absolute atomic E-state index is 4.52. The van der Waals surface area contributed by atoms with Crippen molar-refractivity contribution in [3.05, 3.63) is 91.1 Å². The highest BCUT2D eigenvalue weighted by molar-refractivity contribution is 7.18. The Hall–Kier alpha value is -2.75. The van der Waals surface area contributed by atoms with Gasteiger partial charge in [-0.1, -0.05) is 36.4 Å². The van der Waals surface area contributed by atoms with Gasteiger partial charge in [-0.3, -0.25) is 4.98 Å². The average molecular weight is 405 g/mol. The Morgan fingerprint density at radius 2 is 1.43 bits per heavy atom. The number of benzene rings is 2. The second-order valence-electron chi connectivity index (χ2n) is 6.56. The van der Waals surface area contributed by atoms with E-state index in [-0.39, 0.29) is 12.4 Å². The summed E-state index contributed by atoms with van der Waals surface area (Å²) < 4.78 is 0. The first-order valence-corrected chi connectivity index (χ1v) is 9.76. The first-order chi connectivity index (χ1) is 13.2. The third kappa shape index (κ3) is 4.22. The van der Waals surface area contributed by atoms with E-state index in [2.05, 4.69) is 96.8 Å². The van der Waals surface area contributed by atoms with E-state index in [0.717, 1.165) is 5.69 Å². The van der Waals surface area contributed by atoms with Crippen LogP contribution in [0.3, 0.4) is 0 Å². The molecule has 0 aliphatic heterocycles. The Kier molecular flexibility index (Phi) is 6.40. The van der Waals surface area contributed by atoms with Crippen LogP contribution in [0, 0.1) is 0 Å². The zero-order valence-corrected chi connectivity index (χ0v) is 17.4. The number of pyridine rings is 1. The SMILES string of the molecule is CN(C)c1ccc(-c2ccc(-c3ccccn3)[s+]c2-c2ccccc2)cc1.[Cl-]. The van der Waals surface area contributed by atoms with Gasteiger partial charge in [0.25, 0.3) is 4.88 Å². The van der Waals surface area contributed by atoms with Crippen molar-refractivity contribution in [3.63, 3.8) is 0 Å². The van der Waals surface area contributed by atoms with Gasteiger partial charge in [-0.15, -0.1) is 0 Å². The predicted octanol–water partition coefficient (Wildman–Crippen LogP) is 3.50. The van der Waals surface area contributed by atoms with Crippen molar-refractivity contribution in [1.29, 1.82) is 0 Å². The Morgan fingerprint density at radius 3 is 2.07 bits per heavy atom. The topological polar surface area (TPSA) is 16.1 Å². The third-order valence-corrected chi connectivity index (χ3v) is 5.73. The van der Waals surface area contributed by atoms with Crippen LogP contribution in [-0.2, 0) is 0 Å². The molecule has 0 aliphatic carbocycles. The van der Waals surface area contributed by atoms with Gasteiger partial charge in [0.05, 0.1) is 0 Å². The van der Waals surface area contributed by atoms with Crippen LogP contribution in [0.25, 0.3) is 32.1 Å². The van der Waals surface area contributed by atoms with Gasteiger partial charge < -0.3 is 17.3 Å². The van der Waals surface area contributed by atoms with Crippen LogP contribution in [0.1, 0.15) is 0 Å². The van der Waals surface area contributed by atoms with Crippen LogP contribution >= 0.6 is 11.3 Å². The summed E-state index contributed by atoms with van der Waals surface area (Å²) in [6.45, 7) is 0. The number of hydrogen-bond acceptors (Lipinski definition) is 2. The smallest absolute Gasteiger partial charge is 0.257 e. The summed E-state index contributed by atoms with van der Waals surface area (Å²) in [5.41, 5.74) is 5.91. The second kappa shape index (κ2) is 8.96. The lowest BCUT2D eigenvalue weighted by Crippen LogP contribution is -3.00. The highest BCUT2D eigenvalue weighted by Gasteiger charge is 2.22. The molecule has 4 aromatic rings. The zero-order chi connectivity index (χ0) is 18.6. The minimum absolute atomic E-state index is 0. The normalized spacial score (nSPS) is 10.2. The highest BCUT2D eigenvalue weighted by atomic mass is 35.5. The van der Waals surface area contributed by atoms with Gasteiger partial charge in [0.15, 0.2) is 0 Å². The van der Waals surface area contributed by atoms with Gasteiger partial charge in [-0.2, -0.15) is 0 Å². The number of rotatable bonds is 4. The minimum Gasteiger partial charge on any atom is -1.00 e. The van der Waals surface area contributed by atoms with Crippen molar-refractivity contribution >= 4 is 17.0 Å². The first kappa shape index (κ1) is 20.0. The minimum atomic E-state index is 0. The van der Waals surface area contributed by atoms with Crippen LogP contribution < -0.4 is 17.3 Å². The molecule has 2 aromatic carbocycles. The lowest BCUT2D eigenvalue weighted by atomic mass is 10.0. The monoisotopic (exact) mass is 404 g/mol. The Morgan fingerprint density at radius 1 is 0.714 bits per heavy atom. The van der Waals surface area contributed by atoms with E-state index in [0.29, 0.717) is 0 Å². The maximum atomic E-state index is 4.52. The third-order valence-electron chi connectivity index (χ3n) is 4.51. The molecule has 0 atom stereocenters. The number of anilines is 1. The van der Waals surface area contributed by atoms with Gasteiger partial charge >= 0.3 is 0 Å². The molecule has 2 aromatic heterocycles. The lowest BCUT2D eigenvalue weighted by Gasteiger charge is -2.12. The molecule has 0 saturated heterocycles. The van der Waals surface area contributed by atoms with E-state index in [9.17, 15) is 0 Å². The predicted molar refractivity (Wildman–Crippen MR) is 117 cm³/mol. The molecule has 0 amide bonds. The standard InChI is InChI=1S/C24H21N2S.ClH/c1-26(2)20-13-11-18(12-14-20)21-15-16-23(22-10-6-7-17-25-22)27-24(21)19-8-4-3-5-9-19;/h3-17H,1-2H3;1H/q+1;/p-1. The molecule has 2 heterocycles. The van der Waals surface area contributed by atoms with Crippen molar-refractivity contribution in [2.45, 2.75) is 0 Å². The van der Waals surface area contributed by atoms with E-state index in [1.165, 1.54) is 32.1 Å². The summed E-state index contributed by atoms with van der Waals surface area (Å²) in [5.74, 6) is 0. The molecule has 0 radical (unpaired) electrons. The lowest BCUT2D eigenvalue weighted by molar-refractivity contribution is -0.00000526. The summed E-state index contributed by atoms with van der Waals surface area (Å²) in [6, 6.07) is 29.8. The van der Waals surface area contributed by atoms with Crippen molar-refractivity contribution in [2.75, 3.05) is 19.0 Å². The number of hydrogen-bond donors (Lipinski definition) is 0. The number of aromatic nitrogens is 1. The Bertz CT molecular complexity index is 1030. The molecule has 0 fully saturated rings. The first-order valence-electron chi connectivity index (χ1n) is 8.94. The van der Waals surface area contributed by atoms with Gasteiger partial charge in [0.2, 0.25) is 16.2 Å². The van der Waals surface area contributed by atoms with E-state index >= 15 is 0 Å². The van der Waals surface area contributed by atoms with Gasteiger partial charge in [0.1, 0.15) is 5.69 Å². The molecule has 28 heavy (non-hydrogen) atoms. The summed E-state index contributed by atoms with van der Waals surface area (Å²) in [4.78, 5) is 9.07. The largest absolute Gasteiger partial charge is 1.00 e. The van der Waals surface area contributed by atoms with Crippen LogP contribution in [0.15, 0.2) is 91.1 Å². The van der Waals surface area contributed by atoms with Crippen molar-refractivity contribution in [2.24, 2.45) is 0 Å². The summed E-state index contributed by atoms with van der Waals surface area (Å²) >= 11 is 1.79. The quantitative estimate of drug-likeness (QED) is 0.484. The molecule has 0 N–H and O–H groups in total. The van der Waals surface area contributed by atoms with E-state index < -0.39 is 0 Å².